The van der Waals surface area contributed by atoms with Crippen LogP contribution in [0.25, 0.3) is 0 Å². The van der Waals surface area contributed by atoms with Crippen molar-refractivity contribution in [1.82, 2.24) is 0 Å². The molecule has 3 aliphatic rings. The predicted molar refractivity (Wildman–Crippen MR) is 55.3 cm³/mol. The topological polar surface area (TPSA) is 23.8 Å². The van der Waals surface area contributed by atoms with E-state index in [2.05, 4.69) is 12.3 Å². The van der Waals surface area contributed by atoms with Gasteiger partial charge < -0.3 is 24.0 Å². The minimum absolute atomic E-state index is 0. The Balaban J connectivity index is 0.000000750. The molecule has 0 N–H and O–H groups in total. The predicted octanol–water partition coefficient (Wildman–Crippen LogP) is -1.34. The fourth-order valence-electron chi connectivity index (χ4n) is 3.98. The first-order valence-corrected chi connectivity index (χ1v) is 7.25. The lowest BCUT2D eigenvalue weighted by atomic mass is 9.76. The van der Waals surface area contributed by atoms with Gasteiger partial charge >= 0.3 is 0 Å². The quantitative estimate of drug-likeness (QED) is 0.400. The van der Waals surface area contributed by atoms with Crippen LogP contribution in [-0.2, 0) is 10.9 Å². The molecule has 3 heteroatoms. The van der Waals surface area contributed by atoms with E-state index in [0.29, 0.717) is 16.8 Å². The molecule has 1 nitrogen and oxygen atoms in total. The van der Waals surface area contributed by atoms with Crippen LogP contribution in [0.15, 0.2) is 0 Å². The molecule has 0 aromatic rings. The maximum atomic E-state index is 9.03. The smallest absolute Gasteiger partial charge is 0.111 e. The van der Waals surface area contributed by atoms with Crippen molar-refractivity contribution < 1.29 is 24.0 Å². The summed E-state index contributed by atoms with van der Waals surface area (Å²) < 4.78 is 0. The van der Waals surface area contributed by atoms with Gasteiger partial charge in [-0.1, -0.05) is 0 Å². The Hall–Kier alpha value is 0.570. The first kappa shape index (κ1) is 11.1. The zero-order chi connectivity index (χ0) is 9.00. The van der Waals surface area contributed by atoms with E-state index in [0.717, 1.165) is 23.7 Å². The molecule has 0 amide bonds. The fourth-order valence-corrected chi connectivity index (χ4v) is 6.45. The van der Waals surface area contributed by atoms with Crippen LogP contribution in [-0.4, -0.2) is 17.8 Å². The molecule has 6 atom stereocenters. The lowest BCUT2D eigenvalue weighted by Gasteiger charge is -2.24. The summed E-state index contributed by atoms with van der Waals surface area (Å²) in [6.07, 6.45) is 5.05. The van der Waals surface area contributed by atoms with E-state index in [1.807, 2.05) is 0 Å². The second kappa shape index (κ2) is 3.86. The molecule has 2 bridgehead atoms. The van der Waals surface area contributed by atoms with Crippen LogP contribution in [0.2, 0.25) is 0 Å². The van der Waals surface area contributed by atoms with Crippen molar-refractivity contribution in [3.63, 3.8) is 0 Å². The molecule has 0 aromatic carbocycles. The van der Waals surface area contributed by atoms with Crippen LogP contribution in [0.4, 0.5) is 0 Å². The Bertz CT molecular complexity index is 275. The highest BCUT2D eigenvalue weighted by molar-refractivity contribution is 7.96. The molecule has 2 aliphatic carbocycles. The lowest BCUT2D eigenvalue weighted by molar-refractivity contribution is -0.00000298. The van der Waals surface area contributed by atoms with Crippen molar-refractivity contribution in [1.29, 1.82) is 5.26 Å². The van der Waals surface area contributed by atoms with E-state index in [-0.39, 0.29) is 24.0 Å². The third-order valence-corrected chi connectivity index (χ3v) is 6.38. The van der Waals surface area contributed by atoms with Crippen LogP contribution in [0.3, 0.4) is 0 Å². The van der Waals surface area contributed by atoms with Gasteiger partial charge in [-0.05, 0) is 35.6 Å². The van der Waals surface area contributed by atoms with Gasteiger partial charge in [-0.3, -0.25) is 0 Å². The highest BCUT2D eigenvalue weighted by atomic mass is 127. The maximum absolute atomic E-state index is 9.03. The van der Waals surface area contributed by atoms with Crippen molar-refractivity contribution in [2.24, 2.45) is 29.6 Å². The largest absolute Gasteiger partial charge is 1.00 e. The molecular weight excluding hydrogens is 305 g/mol. The normalized spacial score (nSPS) is 53.7. The van der Waals surface area contributed by atoms with Gasteiger partial charge in [-0.15, -0.1) is 0 Å². The number of nitriles is 1. The highest BCUT2D eigenvalue weighted by Crippen LogP contribution is 2.58. The van der Waals surface area contributed by atoms with Crippen molar-refractivity contribution in [3.8, 4) is 6.07 Å². The van der Waals surface area contributed by atoms with Crippen LogP contribution in [0.5, 0.6) is 0 Å². The highest BCUT2D eigenvalue weighted by Gasteiger charge is 2.58. The Morgan fingerprint density at radius 1 is 1.14 bits per heavy atom. The molecule has 0 aromatic heterocycles. The summed E-state index contributed by atoms with van der Waals surface area (Å²) in [5.41, 5.74) is 0. The average molecular weight is 321 g/mol. The summed E-state index contributed by atoms with van der Waals surface area (Å²) in [5, 5.41) is 9.03. The van der Waals surface area contributed by atoms with Gasteiger partial charge in [0.25, 0.3) is 0 Å². The van der Waals surface area contributed by atoms with Gasteiger partial charge in [0, 0.05) is 17.8 Å². The van der Waals surface area contributed by atoms with Gasteiger partial charge in [0.1, 0.15) is 11.5 Å². The zero-order valence-electron chi connectivity index (χ0n) is 8.45. The number of fused-ring (bicyclic) bond motifs is 5. The van der Waals surface area contributed by atoms with E-state index in [1.54, 1.807) is 0 Å². The SMILES string of the molecule is C[S+]1CC2C3CC(C#N)C(C3)C2C1.[I-]. The standard InChI is InChI=1S/C11H16NS.HI/c1-13-5-10-7-2-8(4-12)9(3-7)11(10)6-13;/h7-11H,2-3,5-6H2,1H3;1H/q+1;/p-1. The molecule has 6 unspecified atom stereocenters. The summed E-state index contributed by atoms with van der Waals surface area (Å²) in [7, 11) is 0.691. The van der Waals surface area contributed by atoms with Gasteiger partial charge in [-0.25, -0.2) is 0 Å². The Kier molecular flexibility index (Phi) is 3.05. The summed E-state index contributed by atoms with van der Waals surface area (Å²) in [6, 6.07) is 2.53. The number of halogens is 1. The monoisotopic (exact) mass is 321 g/mol. The van der Waals surface area contributed by atoms with E-state index in [1.165, 1.54) is 24.3 Å². The first-order chi connectivity index (χ1) is 6.29. The van der Waals surface area contributed by atoms with Crippen LogP contribution in [0.1, 0.15) is 12.8 Å². The second-order valence-corrected chi connectivity index (χ2v) is 7.30. The average Bonchev–Trinajstić information content (AvgIpc) is 2.71. The molecule has 3 fully saturated rings. The fraction of sp³-hybridized carbons (Fsp3) is 0.909. The second-order valence-electron chi connectivity index (χ2n) is 5.07. The molecule has 14 heavy (non-hydrogen) atoms. The van der Waals surface area contributed by atoms with Gasteiger partial charge in [0.15, 0.2) is 0 Å². The maximum Gasteiger partial charge on any atom is 0.111 e. The Labute approximate surface area is 106 Å². The Morgan fingerprint density at radius 3 is 2.57 bits per heavy atom. The van der Waals surface area contributed by atoms with E-state index >= 15 is 0 Å². The summed E-state index contributed by atoms with van der Waals surface area (Å²) in [4.78, 5) is 0. The molecule has 0 radical (unpaired) electrons. The molecule has 0 spiro atoms. The van der Waals surface area contributed by atoms with E-state index < -0.39 is 0 Å². The van der Waals surface area contributed by atoms with Crippen LogP contribution >= 0.6 is 0 Å². The molecule has 78 valence electrons. The number of rotatable bonds is 0. The van der Waals surface area contributed by atoms with Gasteiger partial charge in [-0.2, -0.15) is 5.26 Å². The van der Waals surface area contributed by atoms with E-state index in [4.69, 9.17) is 5.26 Å². The minimum atomic E-state index is 0. The molecule has 1 saturated heterocycles. The van der Waals surface area contributed by atoms with Crippen molar-refractivity contribution in [2.75, 3.05) is 17.8 Å². The van der Waals surface area contributed by atoms with Crippen molar-refractivity contribution >= 4 is 10.9 Å². The van der Waals surface area contributed by atoms with Gasteiger partial charge in [0.2, 0.25) is 0 Å². The van der Waals surface area contributed by atoms with Gasteiger partial charge in [0.05, 0.1) is 12.3 Å². The molecule has 3 rings (SSSR count). The zero-order valence-corrected chi connectivity index (χ0v) is 11.4. The third kappa shape index (κ3) is 1.41. The number of nitrogens with zero attached hydrogens (tertiary/aromatic N) is 1. The third-order valence-electron chi connectivity index (χ3n) is 4.47. The molecular formula is C11H16INS. The Morgan fingerprint density at radius 2 is 1.86 bits per heavy atom. The minimum Gasteiger partial charge on any atom is -1.00 e. The van der Waals surface area contributed by atoms with E-state index in [9.17, 15) is 0 Å². The summed E-state index contributed by atoms with van der Waals surface area (Å²) in [5.74, 6) is 7.10. The molecule has 1 heterocycles. The van der Waals surface area contributed by atoms with Crippen molar-refractivity contribution in [3.05, 3.63) is 0 Å². The number of hydrogen-bond acceptors (Lipinski definition) is 1. The summed E-state index contributed by atoms with van der Waals surface area (Å²) >= 11 is 0. The molecule has 2 saturated carbocycles. The van der Waals surface area contributed by atoms with Crippen molar-refractivity contribution in [2.45, 2.75) is 12.8 Å². The van der Waals surface area contributed by atoms with Crippen LogP contribution in [0, 0.1) is 40.9 Å². The summed E-state index contributed by atoms with van der Waals surface area (Å²) in [6.45, 7) is 0. The first-order valence-electron chi connectivity index (χ1n) is 5.28. The molecule has 1 aliphatic heterocycles. The lowest BCUT2D eigenvalue weighted by Crippen LogP contribution is -3.00. The number of hydrogen-bond donors (Lipinski definition) is 0. The van der Waals surface area contributed by atoms with Crippen LogP contribution < -0.4 is 24.0 Å².